The Morgan fingerprint density at radius 2 is 1.90 bits per heavy atom. The van der Waals surface area contributed by atoms with Crippen molar-refractivity contribution in [2.75, 3.05) is 6.79 Å². The smallest absolute Gasteiger partial charge is 0.340 e. The fraction of sp³-hybridized carbons (Fsp3) is 0.133. The molecule has 1 atom stereocenters. The number of rotatable bonds is 1. The molecule has 0 amide bonds. The molecule has 0 aliphatic carbocycles. The molecule has 0 radical (unpaired) electrons. The van der Waals surface area contributed by atoms with Gasteiger partial charge in [-0.05, 0) is 24.3 Å². The Balaban J connectivity index is 1.69. The fourth-order valence-electron chi connectivity index (χ4n) is 2.23. The van der Waals surface area contributed by atoms with Gasteiger partial charge in [-0.2, -0.15) is 0 Å². The molecule has 2 aromatic carbocycles. The summed E-state index contributed by atoms with van der Waals surface area (Å²) in [7, 11) is 0. The van der Waals surface area contributed by atoms with Crippen LogP contribution in [0.3, 0.4) is 0 Å². The Morgan fingerprint density at radius 1 is 1.05 bits per heavy atom. The number of hydrogen-bond acceptors (Lipinski definition) is 5. The lowest BCUT2D eigenvalue weighted by atomic mass is 10.2. The van der Waals surface area contributed by atoms with Crippen LogP contribution in [0.1, 0.15) is 21.4 Å². The number of esters is 1. The van der Waals surface area contributed by atoms with E-state index in [1.54, 1.807) is 6.07 Å². The predicted molar refractivity (Wildman–Crippen MR) is 73.0 cm³/mol. The van der Waals surface area contributed by atoms with Crippen molar-refractivity contribution in [3.63, 3.8) is 0 Å². The first kappa shape index (κ1) is 11.7. The second kappa shape index (κ2) is 4.45. The first-order valence-electron chi connectivity index (χ1n) is 6.17. The van der Waals surface area contributed by atoms with E-state index in [2.05, 4.69) is 0 Å². The molecule has 4 nitrogen and oxygen atoms in total. The molecule has 0 bridgehead atoms. The zero-order valence-corrected chi connectivity index (χ0v) is 11.2. The van der Waals surface area contributed by atoms with Crippen molar-refractivity contribution >= 4 is 17.7 Å². The number of carbonyl (C=O) groups is 1. The monoisotopic (exact) mass is 286 g/mol. The summed E-state index contributed by atoms with van der Waals surface area (Å²) < 4.78 is 16.1. The van der Waals surface area contributed by atoms with Gasteiger partial charge in [0, 0.05) is 10.5 Å². The van der Waals surface area contributed by atoms with E-state index in [0.29, 0.717) is 11.3 Å². The van der Waals surface area contributed by atoms with Crippen LogP contribution in [0.4, 0.5) is 0 Å². The third-order valence-electron chi connectivity index (χ3n) is 3.22. The van der Waals surface area contributed by atoms with Gasteiger partial charge >= 0.3 is 5.97 Å². The van der Waals surface area contributed by atoms with Gasteiger partial charge in [0.25, 0.3) is 0 Å². The van der Waals surface area contributed by atoms with Crippen molar-refractivity contribution in [2.24, 2.45) is 0 Å². The summed E-state index contributed by atoms with van der Waals surface area (Å²) in [5.74, 6) is 1.13. The van der Waals surface area contributed by atoms with Gasteiger partial charge in [0.15, 0.2) is 16.9 Å². The molecule has 0 fully saturated rings. The molecule has 100 valence electrons. The van der Waals surface area contributed by atoms with Crippen LogP contribution < -0.4 is 9.47 Å². The van der Waals surface area contributed by atoms with Crippen LogP contribution in [-0.4, -0.2) is 12.8 Å². The first-order valence-corrected chi connectivity index (χ1v) is 7.05. The molecule has 0 N–H and O–H groups in total. The number of benzene rings is 2. The van der Waals surface area contributed by atoms with E-state index < -0.39 is 0 Å². The van der Waals surface area contributed by atoms with Gasteiger partial charge < -0.3 is 14.2 Å². The molecule has 0 unspecified atom stereocenters. The summed E-state index contributed by atoms with van der Waals surface area (Å²) in [6.07, 6.45) is 0. The molecule has 5 heteroatoms. The molecule has 0 saturated heterocycles. The number of thioether (sulfide) groups is 1. The van der Waals surface area contributed by atoms with E-state index in [0.717, 1.165) is 16.2 Å². The molecule has 0 spiro atoms. The zero-order chi connectivity index (χ0) is 13.5. The van der Waals surface area contributed by atoms with E-state index in [1.807, 2.05) is 36.4 Å². The van der Waals surface area contributed by atoms with Gasteiger partial charge in [-0.25, -0.2) is 4.79 Å². The van der Waals surface area contributed by atoms with Gasteiger partial charge in [-0.15, -0.1) is 0 Å². The van der Waals surface area contributed by atoms with Crippen LogP contribution in [0.2, 0.25) is 0 Å². The van der Waals surface area contributed by atoms with E-state index >= 15 is 0 Å². The van der Waals surface area contributed by atoms with Gasteiger partial charge in [0.2, 0.25) is 6.79 Å². The molecule has 2 aromatic rings. The minimum absolute atomic E-state index is 0.235. The van der Waals surface area contributed by atoms with Crippen LogP contribution in [0, 0.1) is 0 Å². The third-order valence-corrected chi connectivity index (χ3v) is 4.42. The molecular weight excluding hydrogens is 276 g/mol. The van der Waals surface area contributed by atoms with E-state index in [4.69, 9.17) is 14.2 Å². The second-order valence-electron chi connectivity index (χ2n) is 4.46. The number of cyclic esters (lactones) is 1. The lowest BCUT2D eigenvalue weighted by Crippen LogP contribution is -2.15. The maximum Gasteiger partial charge on any atom is 0.340 e. The maximum atomic E-state index is 12.0. The molecule has 2 aliphatic rings. The quantitative estimate of drug-likeness (QED) is 0.752. The normalized spacial score (nSPS) is 19.4. The maximum absolute atomic E-state index is 12.0. The van der Waals surface area contributed by atoms with E-state index in [1.165, 1.54) is 11.8 Å². The largest absolute Gasteiger partial charge is 0.454 e. The number of carbonyl (C=O) groups excluding carboxylic acids is 1. The van der Waals surface area contributed by atoms with Gasteiger partial charge in [-0.1, -0.05) is 30.0 Å². The summed E-state index contributed by atoms with van der Waals surface area (Å²) in [6, 6.07) is 13.1. The molecule has 20 heavy (non-hydrogen) atoms. The average Bonchev–Trinajstić information content (AvgIpc) is 2.94. The van der Waals surface area contributed by atoms with Crippen LogP contribution >= 0.6 is 11.8 Å². The van der Waals surface area contributed by atoms with Crippen LogP contribution in [0.15, 0.2) is 47.4 Å². The fourth-order valence-corrected chi connectivity index (χ4v) is 3.32. The number of hydrogen-bond donors (Lipinski definition) is 0. The highest BCUT2D eigenvalue weighted by Gasteiger charge is 2.29. The zero-order valence-electron chi connectivity index (χ0n) is 10.4. The first-order chi connectivity index (χ1) is 9.81. The topological polar surface area (TPSA) is 44.8 Å². The predicted octanol–water partition coefficient (Wildman–Crippen LogP) is 3.38. The average molecular weight is 286 g/mol. The summed E-state index contributed by atoms with van der Waals surface area (Å²) in [5.41, 5.74) is 1.16. The van der Waals surface area contributed by atoms with Gasteiger partial charge in [0.05, 0.1) is 5.56 Å². The minimum atomic E-state index is -0.355. The van der Waals surface area contributed by atoms with Gasteiger partial charge in [0.1, 0.15) is 0 Å². The minimum Gasteiger partial charge on any atom is -0.454 e. The highest BCUT2D eigenvalue weighted by atomic mass is 32.2. The van der Waals surface area contributed by atoms with Crippen LogP contribution in [0.5, 0.6) is 11.5 Å². The summed E-state index contributed by atoms with van der Waals surface area (Å²) >= 11 is 1.52. The Bertz CT molecular complexity index is 698. The molecular formula is C15H10O4S. The molecule has 0 aromatic heterocycles. The highest BCUT2D eigenvalue weighted by molar-refractivity contribution is 7.99. The Kier molecular flexibility index (Phi) is 2.60. The van der Waals surface area contributed by atoms with Crippen molar-refractivity contribution in [3.8, 4) is 11.5 Å². The highest BCUT2D eigenvalue weighted by Crippen LogP contribution is 2.45. The lowest BCUT2D eigenvalue weighted by Gasteiger charge is -2.24. The SMILES string of the molecule is O=C1O[C@H](c2ccc3c(c2)OCO3)Sc2ccccc21. The van der Waals surface area contributed by atoms with Crippen molar-refractivity contribution in [1.29, 1.82) is 0 Å². The van der Waals surface area contributed by atoms with E-state index in [-0.39, 0.29) is 18.2 Å². The summed E-state index contributed by atoms with van der Waals surface area (Å²) in [6.45, 7) is 0.235. The Hall–Kier alpha value is -2.14. The van der Waals surface area contributed by atoms with Crippen molar-refractivity contribution in [3.05, 3.63) is 53.6 Å². The third kappa shape index (κ3) is 1.82. The molecule has 0 saturated carbocycles. The standard InChI is InChI=1S/C15H10O4S/c16-14-10-3-1-2-4-13(10)20-15(19-14)9-5-6-11-12(7-9)18-8-17-11/h1-7,15H,8H2/t15-/m0/s1. The number of fused-ring (bicyclic) bond motifs is 2. The van der Waals surface area contributed by atoms with Gasteiger partial charge in [-0.3, -0.25) is 0 Å². The lowest BCUT2D eigenvalue weighted by molar-refractivity contribution is 0.0439. The Morgan fingerprint density at radius 3 is 2.85 bits per heavy atom. The van der Waals surface area contributed by atoms with Crippen molar-refractivity contribution in [1.82, 2.24) is 0 Å². The Labute approximate surface area is 119 Å². The molecule has 2 aliphatic heterocycles. The molecule has 4 rings (SSSR count). The molecule has 2 heterocycles. The van der Waals surface area contributed by atoms with Crippen molar-refractivity contribution in [2.45, 2.75) is 10.3 Å². The summed E-state index contributed by atoms with van der Waals surface area (Å²) in [5, 5.41) is 0. The van der Waals surface area contributed by atoms with E-state index in [9.17, 15) is 4.79 Å². The van der Waals surface area contributed by atoms with Crippen LogP contribution in [0.25, 0.3) is 0 Å². The van der Waals surface area contributed by atoms with Crippen LogP contribution in [-0.2, 0) is 4.74 Å². The number of ether oxygens (including phenoxy) is 3. The van der Waals surface area contributed by atoms with Crippen molar-refractivity contribution < 1.29 is 19.0 Å². The summed E-state index contributed by atoms with van der Waals surface area (Å²) in [4.78, 5) is 12.9. The second-order valence-corrected chi connectivity index (χ2v) is 5.57.